The van der Waals surface area contributed by atoms with Gasteiger partial charge in [-0.1, -0.05) is 6.92 Å². The summed E-state index contributed by atoms with van der Waals surface area (Å²) >= 11 is 0. The van der Waals surface area contributed by atoms with Crippen LogP contribution in [0.5, 0.6) is 0 Å². The van der Waals surface area contributed by atoms with Gasteiger partial charge in [-0.15, -0.1) is 0 Å². The van der Waals surface area contributed by atoms with Gasteiger partial charge in [0, 0.05) is 37.9 Å². The number of nitrogens with two attached hydrogens (primary N) is 1. The van der Waals surface area contributed by atoms with E-state index in [1.54, 1.807) is 12.4 Å². The first-order chi connectivity index (χ1) is 7.83. The van der Waals surface area contributed by atoms with E-state index in [0.29, 0.717) is 13.0 Å². The van der Waals surface area contributed by atoms with Crippen LogP contribution in [0.1, 0.15) is 24.9 Å². The fourth-order valence-electron chi connectivity index (χ4n) is 1.81. The summed E-state index contributed by atoms with van der Waals surface area (Å²) in [6.45, 7) is 4.30. The summed E-state index contributed by atoms with van der Waals surface area (Å²) in [5, 5.41) is 8.62. The predicted molar refractivity (Wildman–Crippen MR) is 63.5 cm³/mol. The highest BCUT2D eigenvalue weighted by atomic mass is 15.2. The minimum Gasteiger partial charge on any atom is -0.329 e. The van der Waals surface area contributed by atoms with E-state index < -0.39 is 0 Å². The monoisotopic (exact) mass is 218 g/mol. The van der Waals surface area contributed by atoms with Crippen LogP contribution in [0.2, 0.25) is 0 Å². The number of nitriles is 1. The minimum atomic E-state index is 0.182. The quantitative estimate of drug-likeness (QED) is 0.782. The summed E-state index contributed by atoms with van der Waals surface area (Å²) in [6.07, 6.45) is 4.08. The molecule has 1 aromatic rings. The maximum Gasteiger partial charge on any atom is 0.0635 e. The Balaban J connectivity index is 2.76. The average molecular weight is 218 g/mol. The molecule has 0 saturated carbocycles. The highest BCUT2D eigenvalue weighted by Crippen LogP contribution is 2.18. The topological polar surface area (TPSA) is 65.9 Å². The lowest BCUT2D eigenvalue weighted by molar-refractivity contribution is 0.217. The van der Waals surface area contributed by atoms with Crippen molar-refractivity contribution < 1.29 is 0 Å². The van der Waals surface area contributed by atoms with Crippen LogP contribution in [-0.2, 0) is 0 Å². The van der Waals surface area contributed by atoms with Gasteiger partial charge < -0.3 is 5.73 Å². The zero-order chi connectivity index (χ0) is 11.8. The lowest BCUT2D eigenvalue weighted by Gasteiger charge is -2.29. The molecule has 0 aromatic carbocycles. The molecule has 0 fully saturated rings. The molecule has 0 aliphatic heterocycles. The lowest BCUT2D eigenvalue weighted by atomic mass is 10.1. The first kappa shape index (κ1) is 12.6. The molecule has 0 spiro atoms. The van der Waals surface area contributed by atoms with Crippen LogP contribution in [0.3, 0.4) is 0 Å². The second kappa shape index (κ2) is 6.94. The predicted octanol–water partition coefficient (Wildman–Crippen LogP) is 1.32. The van der Waals surface area contributed by atoms with Gasteiger partial charge >= 0.3 is 0 Å². The second-order valence-electron chi connectivity index (χ2n) is 3.57. The Morgan fingerprint density at radius 1 is 1.50 bits per heavy atom. The van der Waals surface area contributed by atoms with Crippen molar-refractivity contribution in [2.24, 2.45) is 5.73 Å². The van der Waals surface area contributed by atoms with E-state index in [2.05, 4.69) is 22.9 Å². The van der Waals surface area contributed by atoms with Crippen LogP contribution < -0.4 is 5.73 Å². The maximum absolute atomic E-state index is 8.62. The van der Waals surface area contributed by atoms with Crippen molar-refractivity contribution in [1.29, 1.82) is 5.26 Å². The Bertz CT molecular complexity index is 331. The number of likely N-dealkylation sites (N-methyl/N-ethyl adjacent to an activating group) is 1. The fraction of sp³-hybridized carbons (Fsp3) is 0.500. The molecule has 16 heavy (non-hydrogen) atoms. The van der Waals surface area contributed by atoms with Gasteiger partial charge in [-0.3, -0.25) is 9.88 Å². The van der Waals surface area contributed by atoms with Crippen molar-refractivity contribution in [2.75, 3.05) is 19.6 Å². The number of aromatic nitrogens is 1. The van der Waals surface area contributed by atoms with E-state index in [-0.39, 0.29) is 6.04 Å². The van der Waals surface area contributed by atoms with Gasteiger partial charge in [-0.2, -0.15) is 5.26 Å². The second-order valence-corrected chi connectivity index (χ2v) is 3.57. The zero-order valence-electron chi connectivity index (χ0n) is 9.63. The molecule has 0 radical (unpaired) electrons. The number of hydrogen-bond donors (Lipinski definition) is 1. The summed E-state index contributed by atoms with van der Waals surface area (Å²) in [5.74, 6) is 0. The van der Waals surface area contributed by atoms with Crippen molar-refractivity contribution in [1.82, 2.24) is 9.88 Å². The van der Waals surface area contributed by atoms with Crippen LogP contribution >= 0.6 is 0 Å². The smallest absolute Gasteiger partial charge is 0.0635 e. The van der Waals surface area contributed by atoms with Crippen LogP contribution in [-0.4, -0.2) is 29.5 Å². The van der Waals surface area contributed by atoms with Gasteiger partial charge in [0.2, 0.25) is 0 Å². The molecule has 0 aliphatic rings. The van der Waals surface area contributed by atoms with Crippen molar-refractivity contribution >= 4 is 0 Å². The van der Waals surface area contributed by atoms with Crippen molar-refractivity contribution in [3.8, 4) is 6.07 Å². The highest BCUT2D eigenvalue weighted by Gasteiger charge is 2.16. The summed E-state index contributed by atoms with van der Waals surface area (Å²) in [5.41, 5.74) is 6.97. The Morgan fingerprint density at radius 2 is 2.19 bits per heavy atom. The van der Waals surface area contributed by atoms with Crippen molar-refractivity contribution in [3.05, 3.63) is 30.1 Å². The number of nitrogens with zero attached hydrogens (tertiary/aromatic N) is 3. The maximum atomic E-state index is 8.62. The van der Waals surface area contributed by atoms with E-state index >= 15 is 0 Å². The molecule has 1 unspecified atom stereocenters. The molecule has 4 heteroatoms. The first-order valence-electron chi connectivity index (χ1n) is 5.54. The zero-order valence-corrected chi connectivity index (χ0v) is 9.63. The minimum absolute atomic E-state index is 0.182. The summed E-state index contributed by atoms with van der Waals surface area (Å²) in [6, 6.07) is 6.31. The molecule has 4 nitrogen and oxygen atoms in total. The summed E-state index contributed by atoms with van der Waals surface area (Å²) < 4.78 is 0. The Hall–Kier alpha value is -1.44. The van der Waals surface area contributed by atoms with E-state index in [9.17, 15) is 0 Å². The van der Waals surface area contributed by atoms with Crippen LogP contribution in [0.4, 0.5) is 0 Å². The molecule has 1 atom stereocenters. The molecule has 0 amide bonds. The van der Waals surface area contributed by atoms with Crippen LogP contribution in [0.25, 0.3) is 0 Å². The van der Waals surface area contributed by atoms with Crippen LogP contribution in [0, 0.1) is 11.3 Å². The van der Waals surface area contributed by atoms with E-state index in [0.717, 1.165) is 18.7 Å². The van der Waals surface area contributed by atoms with E-state index in [4.69, 9.17) is 11.0 Å². The molecule has 1 aromatic heterocycles. The van der Waals surface area contributed by atoms with E-state index in [1.165, 1.54) is 0 Å². The Labute approximate surface area is 96.7 Å². The van der Waals surface area contributed by atoms with Gasteiger partial charge in [-0.25, -0.2) is 0 Å². The first-order valence-corrected chi connectivity index (χ1v) is 5.54. The third kappa shape index (κ3) is 3.30. The number of pyridine rings is 1. The summed E-state index contributed by atoms with van der Waals surface area (Å²) in [7, 11) is 0. The normalized spacial score (nSPS) is 12.4. The van der Waals surface area contributed by atoms with Crippen molar-refractivity contribution in [3.63, 3.8) is 0 Å². The third-order valence-electron chi connectivity index (χ3n) is 2.67. The van der Waals surface area contributed by atoms with Gasteiger partial charge in [-0.05, 0) is 24.2 Å². The third-order valence-corrected chi connectivity index (χ3v) is 2.67. The Kier molecular flexibility index (Phi) is 5.48. The molecule has 86 valence electrons. The van der Waals surface area contributed by atoms with Crippen molar-refractivity contribution in [2.45, 2.75) is 19.4 Å². The van der Waals surface area contributed by atoms with Gasteiger partial charge in [0.25, 0.3) is 0 Å². The number of rotatable bonds is 6. The van der Waals surface area contributed by atoms with Crippen LogP contribution in [0.15, 0.2) is 24.5 Å². The standard InChI is InChI=1S/C12H18N4/c1-2-16(9-3-6-13)12(10-14)11-4-7-15-8-5-11/h4-5,7-8,12H,2-3,9-10,14H2,1H3. The largest absolute Gasteiger partial charge is 0.329 e. The lowest BCUT2D eigenvalue weighted by Crippen LogP contribution is -2.34. The molecule has 1 rings (SSSR count). The molecule has 2 N–H and O–H groups in total. The molecule has 1 heterocycles. The molecule has 0 aliphatic carbocycles. The Morgan fingerprint density at radius 3 is 2.69 bits per heavy atom. The highest BCUT2D eigenvalue weighted by molar-refractivity contribution is 5.15. The van der Waals surface area contributed by atoms with Gasteiger partial charge in [0.15, 0.2) is 0 Å². The fourth-order valence-corrected chi connectivity index (χ4v) is 1.81. The number of hydrogen-bond acceptors (Lipinski definition) is 4. The van der Waals surface area contributed by atoms with Gasteiger partial charge in [0.05, 0.1) is 6.07 Å². The van der Waals surface area contributed by atoms with Gasteiger partial charge in [0.1, 0.15) is 0 Å². The summed E-state index contributed by atoms with van der Waals surface area (Å²) in [4.78, 5) is 6.22. The SMILES string of the molecule is CCN(CCC#N)C(CN)c1ccncc1. The molecular formula is C12H18N4. The molecule has 0 saturated heterocycles. The average Bonchev–Trinajstić information content (AvgIpc) is 2.35. The molecule has 0 bridgehead atoms. The molecular weight excluding hydrogens is 200 g/mol. The van der Waals surface area contributed by atoms with E-state index in [1.807, 2.05) is 12.1 Å².